The van der Waals surface area contributed by atoms with Gasteiger partial charge in [0.1, 0.15) is 16.8 Å². The van der Waals surface area contributed by atoms with E-state index in [2.05, 4.69) is 6.58 Å². The Morgan fingerprint density at radius 3 is 2.58 bits per heavy atom. The highest BCUT2D eigenvalue weighted by Gasteiger charge is 2.40. The number of carbonyl (C=O) groups is 1. The fourth-order valence-corrected chi connectivity index (χ4v) is 2.96. The van der Waals surface area contributed by atoms with Crippen LogP contribution in [-0.2, 0) is 15.1 Å². The van der Waals surface area contributed by atoms with E-state index in [0.717, 1.165) is 42.4 Å². The molecule has 100 valence electrons. The van der Waals surface area contributed by atoms with Crippen molar-refractivity contribution in [2.24, 2.45) is 0 Å². The van der Waals surface area contributed by atoms with Gasteiger partial charge < -0.3 is 9.15 Å². The molecule has 0 aliphatic heterocycles. The summed E-state index contributed by atoms with van der Waals surface area (Å²) in [6.07, 6.45) is 5.08. The van der Waals surface area contributed by atoms with Crippen LogP contribution in [0.15, 0.2) is 34.8 Å². The van der Waals surface area contributed by atoms with Crippen LogP contribution in [0.3, 0.4) is 0 Å². The molecule has 0 saturated heterocycles. The Kier molecular flexibility index (Phi) is 2.85. The molecule has 1 aliphatic rings. The molecule has 3 heteroatoms. The van der Waals surface area contributed by atoms with Crippen molar-refractivity contribution in [3.05, 3.63) is 35.9 Å². The summed E-state index contributed by atoms with van der Waals surface area (Å²) in [5, 5.41) is 0. The number of furan rings is 2. The second kappa shape index (κ2) is 4.41. The predicted molar refractivity (Wildman–Crippen MR) is 73.1 cm³/mol. The zero-order chi connectivity index (χ0) is 13.5. The van der Waals surface area contributed by atoms with E-state index >= 15 is 0 Å². The van der Waals surface area contributed by atoms with Crippen molar-refractivity contribution < 1.29 is 13.9 Å². The Bertz CT molecular complexity index is 602. The number of ether oxygens (including phenoxy) is 1. The highest BCUT2D eigenvalue weighted by Crippen LogP contribution is 2.44. The lowest BCUT2D eigenvalue weighted by Crippen LogP contribution is -2.34. The van der Waals surface area contributed by atoms with Crippen LogP contribution in [0.25, 0.3) is 11.2 Å². The van der Waals surface area contributed by atoms with Crippen LogP contribution < -0.4 is 0 Å². The second-order valence-electron chi connectivity index (χ2n) is 5.48. The van der Waals surface area contributed by atoms with Gasteiger partial charge in [0.2, 0.25) is 0 Å². The Balaban J connectivity index is 1.98. The molecule has 0 unspecified atom stereocenters. The molecule has 2 heterocycles. The van der Waals surface area contributed by atoms with E-state index in [0.29, 0.717) is 5.57 Å². The van der Waals surface area contributed by atoms with Gasteiger partial charge in [-0.2, -0.15) is 0 Å². The maximum Gasteiger partial charge on any atom is 0.334 e. The fraction of sp³-hybridized carbons (Fsp3) is 0.438. The summed E-state index contributed by atoms with van der Waals surface area (Å²) in [7, 11) is 0. The zero-order valence-corrected chi connectivity index (χ0v) is 11.2. The van der Waals surface area contributed by atoms with E-state index in [-0.39, 0.29) is 5.97 Å². The maximum atomic E-state index is 12.0. The molecule has 19 heavy (non-hydrogen) atoms. The molecule has 2 aromatic rings. The lowest BCUT2D eigenvalue weighted by atomic mass is 9.79. The molecule has 3 rings (SSSR count). The first-order valence-corrected chi connectivity index (χ1v) is 6.82. The Hall–Kier alpha value is -1.77. The highest BCUT2D eigenvalue weighted by atomic mass is 16.6. The third-order valence-electron chi connectivity index (χ3n) is 3.97. The number of benzene rings is 1. The van der Waals surface area contributed by atoms with Gasteiger partial charge in [0.05, 0.1) is 0 Å². The number of hydrogen-bond acceptors (Lipinski definition) is 3. The van der Waals surface area contributed by atoms with Gasteiger partial charge >= 0.3 is 5.97 Å². The summed E-state index contributed by atoms with van der Waals surface area (Å²) in [6.45, 7) is 5.36. The molecule has 3 nitrogen and oxygen atoms in total. The summed E-state index contributed by atoms with van der Waals surface area (Å²) < 4.78 is 11.4. The average molecular weight is 258 g/mol. The van der Waals surface area contributed by atoms with E-state index in [4.69, 9.17) is 9.15 Å². The molecular formula is C16H18O3. The van der Waals surface area contributed by atoms with Crippen LogP contribution >= 0.6 is 0 Å². The molecule has 0 N–H and O–H groups in total. The normalized spacial score (nSPS) is 18.6. The van der Waals surface area contributed by atoms with Gasteiger partial charge in [-0.3, -0.25) is 0 Å². The van der Waals surface area contributed by atoms with Gasteiger partial charge in [-0.1, -0.05) is 13.0 Å². The molecule has 1 saturated carbocycles. The molecule has 2 aromatic heterocycles. The smallest absolute Gasteiger partial charge is 0.334 e. The number of rotatable bonds is 3. The topological polar surface area (TPSA) is 39.4 Å². The number of hydrogen-bond donors (Lipinski definition) is 0. The Morgan fingerprint density at radius 1 is 1.32 bits per heavy atom. The van der Waals surface area contributed by atoms with Gasteiger partial charge in [0.15, 0.2) is 0 Å². The number of esters is 1. The van der Waals surface area contributed by atoms with E-state index in [1.165, 1.54) is 6.42 Å². The lowest BCUT2D eigenvalue weighted by Gasteiger charge is -2.36. The van der Waals surface area contributed by atoms with E-state index < -0.39 is 5.60 Å². The van der Waals surface area contributed by atoms with E-state index in [1.54, 1.807) is 6.92 Å². The quantitative estimate of drug-likeness (QED) is 0.613. The largest absolute Gasteiger partial charge is 0.457 e. The molecule has 0 aromatic carbocycles. The van der Waals surface area contributed by atoms with Crippen molar-refractivity contribution in [2.75, 3.05) is 0 Å². The standard InChI is InChI=1S/C16H18O3/c1-11(2)15(17)19-16(8-4-3-5-9-16)13-10-12-6-7-14(13)18-12/h6-7,10H,1,3-5,8-9H2,2H3. The Morgan fingerprint density at radius 2 is 2.05 bits per heavy atom. The predicted octanol–water partition coefficient (Wildman–Crippen LogP) is 4.15. The third kappa shape index (κ3) is 2.03. The van der Waals surface area contributed by atoms with Crippen molar-refractivity contribution in [1.82, 2.24) is 0 Å². The highest BCUT2D eigenvalue weighted by molar-refractivity contribution is 5.87. The molecule has 1 aliphatic carbocycles. The van der Waals surface area contributed by atoms with Crippen LogP contribution in [0.1, 0.15) is 44.6 Å². The lowest BCUT2D eigenvalue weighted by molar-refractivity contribution is -0.159. The summed E-state index contributed by atoms with van der Waals surface area (Å²) in [5.74, 6) is -0.305. The van der Waals surface area contributed by atoms with Crippen molar-refractivity contribution in [2.45, 2.75) is 44.6 Å². The molecular weight excluding hydrogens is 240 g/mol. The number of carbonyl (C=O) groups excluding carboxylic acids is 1. The van der Waals surface area contributed by atoms with Gasteiger partial charge in [0.25, 0.3) is 0 Å². The minimum atomic E-state index is -0.518. The zero-order valence-electron chi connectivity index (χ0n) is 11.2. The molecule has 0 amide bonds. The first-order chi connectivity index (χ1) is 9.11. The van der Waals surface area contributed by atoms with E-state index in [1.807, 2.05) is 18.2 Å². The van der Waals surface area contributed by atoms with Gasteiger partial charge in [-0.05, 0) is 50.8 Å². The molecule has 1 fully saturated rings. The van der Waals surface area contributed by atoms with Crippen molar-refractivity contribution >= 4 is 17.1 Å². The maximum absolute atomic E-state index is 12.0. The minimum Gasteiger partial charge on any atom is -0.457 e. The summed E-state index contributed by atoms with van der Waals surface area (Å²) >= 11 is 0. The first-order valence-electron chi connectivity index (χ1n) is 6.82. The van der Waals surface area contributed by atoms with Crippen molar-refractivity contribution in [1.29, 1.82) is 0 Å². The van der Waals surface area contributed by atoms with Gasteiger partial charge in [-0.25, -0.2) is 4.79 Å². The van der Waals surface area contributed by atoms with Crippen LogP contribution in [0.2, 0.25) is 0 Å². The third-order valence-corrected chi connectivity index (χ3v) is 3.97. The molecule has 2 bridgehead atoms. The SMILES string of the molecule is C=C(C)C(=O)OC1(c2cc3ccc2o3)CCCCC1. The fourth-order valence-electron chi connectivity index (χ4n) is 2.96. The van der Waals surface area contributed by atoms with Crippen LogP contribution in [0, 0.1) is 0 Å². The number of fused-ring (bicyclic) bond motifs is 2. The monoisotopic (exact) mass is 258 g/mol. The van der Waals surface area contributed by atoms with Crippen LogP contribution in [-0.4, -0.2) is 5.97 Å². The van der Waals surface area contributed by atoms with E-state index in [9.17, 15) is 4.79 Å². The average Bonchev–Trinajstić information content (AvgIpc) is 3.02. The Labute approximate surface area is 112 Å². The molecule has 0 radical (unpaired) electrons. The van der Waals surface area contributed by atoms with Gasteiger partial charge in [0, 0.05) is 11.1 Å². The molecule has 0 atom stereocenters. The van der Waals surface area contributed by atoms with Gasteiger partial charge in [-0.15, -0.1) is 0 Å². The minimum absolute atomic E-state index is 0.305. The summed E-state index contributed by atoms with van der Waals surface area (Å²) in [6, 6.07) is 5.90. The van der Waals surface area contributed by atoms with Crippen LogP contribution in [0.5, 0.6) is 0 Å². The first kappa shape index (κ1) is 12.3. The summed E-state index contributed by atoms with van der Waals surface area (Å²) in [4.78, 5) is 12.0. The summed E-state index contributed by atoms with van der Waals surface area (Å²) in [5.41, 5.74) is 2.64. The van der Waals surface area contributed by atoms with Crippen molar-refractivity contribution in [3.8, 4) is 0 Å². The second-order valence-corrected chi connectivity index (χ2v) is 5.48. The van der Waals surface area contributed by atoms with Crippen LogP contribution in [0.4, 0.5) is 0 Å². The molecule has 0 spiro atoms. The van der Waals surface area contributed by atoms with Crippen molar-refractivity contribution in [3.63, 3.8) is 0 Å².